The lowest BCUT2D eigenvalue weighted by molar-refractivity contribution is 0.480. The molecule has 0 saturated carbocycles. The van der Waals surface area contributed by atoms with Crippen LogP contribution in [0, 0.1) is 11.3 Å². The van der Waals surface area contributed by atoms with Gasteiger partial charge < -0.3 is 9.15 Å². The molecule has 9 nitrogen and oxygen atoms in total. The number of thiazole rings is 1. The number of anilines is 1. The van der Waals surface area contributed by atoms with Crippen molar-refractivity contribution in [3.63, 3.8) is 0 Å². The molecule has 172 valence electrons. The van der Waals surface area contributed by atoms with E-state index in [1.54, 1.807) is 36.0 Å². The van der Waals surface area contributed by atoms with E-state index in [1.807, 2.05) is 18.2 Å². The lowest BCUT2D eigenvalue weighted by Crippen LogP contribution is -2.13. The Balaban J connectivity index is 1.50. The molecule has 0 aliphatic carbocycles. The molecule has 1 aromatic carbocycles. The van der Waals surface area contributed by atoms with Crippen LogP contribution < -0.4 is 9.46 Å². The Kier molecular flexibility index (Phi) is 5.97. The molecule has 4 aromatic heterocycles. The number of hydrogen-bond donors (Lipinski definition) is 1. The van der Waals surface area contributed by atoms with Crippen molar-refractivity contribution in [1.82, 2.24) is 15.0 Å². The van der Waals surface area contributed by atoms with Gasteiger partial charge in [-0.05, 0) is 48.5 Å². The molecule has 0 aliphatic heterocycles. The lowest BCUT2D eigenvalue weighted by atomic mass is 10.1. The van der Waals surface area contributed by atoms with Gasteiger partial charge in [-0.1, -0.05) is 0 Å². The van der Waals surface area contributed by atoms with Crippen molar-refractivity contribution in [3.8, 4) is 40.1 Å². The van der Waals surface area contributed by atoms with Gasteiger partial charge in [-0.3, -0.25) is 9.71 Å². The summed E-state index contributed by atoms with van der Waals surface area (Å²) in [6.45, 7) is 0. The number of hydrogen-bond acceptors (Lipinski definition) is 9. The summed E-state index contributed by atoms with van der Waals surface area (Å²) >= 11 is 1.15. The molecule has 0 radical (unpaired) electrons. The van der Waals surface area contributed by atoms with Gasteiger partial charge >= 0.3 is 0 Å². The Bertz CT molecular complexity index is 1610. The lowest BCUT2D eigenvalue weighted by Gasteiger charge is -2.13. The maximum atomic E-state index is 12.7. The number of benzene rings is 1. The van der Waals surface area contributed by atoms with Crippen LogP contribution in [0.3, 0.4) is 0 Å². The number of rotatable bonds is 7. The number of sulfonamides is 1. The van der Waals surface area contributed by atoms with E-state index < -0.39 is 10.0 Å². The molecule has 5 rings (SSSR count). The van der Waals surface area contributed by atoms with Crippen molar-refractivity contribution in [2.24, 2.45) is 0 Å². The smallest absolute Gasteiger partial charge is 0.263 e. The van der Waals surface area contributed by atoms with E-state index in [0.29, 0.717) is 22.7 Å². The third kappa shape index (κ3) is 4.74. The number of nitriles is 1. The summed E-state index contributed by atoms with van der Waals surface area (Å²) in [6, 6.07) is 15.0. The molecule has 0 amide bonds. The van der Waals surface area contributed by atoms with Gasteiger partial charge in [0.15, 0.2) is 10.9 Å². The molecule has 0 spiro atoms. The monoisotopic (exact) mass is 501 g/mol. The van der Waals surface area contributed by atoms with Crippen LogP contribution in [0.2, 0.25) is 0 Å². The van der Waals surface area contributed by atoms with Crippen LogP contribution >= 0.6 is 11.3 Å². The zero-order valence-corrected chi connectivity index (χ0v) is 19.5. The Morgan fingerprint density at radius 1 is 1.06 bits per heavy atom. The van der Waals surface area contributed by atoms with E-state index >= 15 is 0 Å². The summed E-state index contributed by atoms with van der Waals surface area (Å²) < 4.78 is 39.1. The summed E-state index contributed by atoms with van der Waals surface area (Å²) in [4.78, 5) is 12.7. The third-order valence-electron chi connectivity index (χ3n) is 4.87. The molecule has 0 saturated heterocycles. The predicted molar refractivity (Wildman–Crippen MR) is 129 cm³/mol. The second-order valence-electron chi connectivity index (χ2n) is 7.11. The molecule has 0 aliphatic rings. The average Bonchev–Trinajstić information content (AvgIpc) is 3.59. The van der Waals surface area contributed by atoms with Gasteiger partial charge in [0.1, 0.15) is 17.5 Å². The largest absolute Gasteiger partial charge is 0.472 e. The fraction of sp³-hybridized carbons (Fsp3) is 0. The highest BCUT2D eigenvalue weighted by atomic mass is 32.2. The zero-order chi connectivity index (χ0) is 24.3. The number of pyridine rings is 2. The first-order valence-electron chi connectivity index (χ1n) is 10.1. The summed E-state index contributed by atoms with van der Waals surface area (Å²) in [5.41, 5.74) is 2.71. The van der Waals surface area contributed by atoms with E-state index in [9.17, 15) is 13.7 Å². The fourth-order valence-electron chi connectivity index (χ4n) is 3.23. The van der Waals surface area contributed by atoms with E-state index in [2.05, 4.69) is 14.7 Å². The van der Waals surface area contributed by atoms with Gasteiger partial charge in [-0.2, -0.15) is 5.26 Å². The molecular formula is C24H15N5O4S2. The van der Waals surface area contributed by atoms with Crippen LogP contribution in [0.5, 0.6) is 11.5 Å². The second-order valence-corrected chi connectivity index (χ2v) is 9.69. The second kappa shape index (κ2) is 9.38. The van der Waals surface area contributed by atoms with E-state index in [1.165, 1.54) is 36.9 Å². The van der Waals surface area contributed by atoms with Crippen molar-refractivity contribution < 1.29 is 17.6 Å². The molecule has 0 bridgehead atoms. The van der Waals surface area contributed by atoms with Crippen LogP contribution in [0.25, 0.3) is 22.5 Å². The van der Waals surface area contributed by atoms with Crippen LogP contribution in [0.1, 0.15) is 5.56 Å². The first-order chi connectivity index (χ1) is 17.0. The number of aromatic nitrogens is 3. The summed E-state index contributed by atoms with van der Waals surface area (Å²) in [5, 5.41) is 11.6. The van der Waals surface area contributed by atoms with Crippen LogP contribution in [0.4, 0.5) is 5.13 Å². The van der Waals surface area contributed by atoms with Gasteiger partial charge in [0.05, 0.1) is 28.7 Å². The fourth-order valence-corrected chi connectivity index (χ4v) is 5.04. The molecule has 0 atom stereocenters. The standard InChI is InChI=1S/C24H15N5O4S2/c25-13-18-12-19(35(30,31)29-24-27-9-11-34-24)3-5-21(18)33-22-6-4-20(16-2-1-8-26-14-16)28-23(22)17-7-10-32-15-17/h1-12,14-15H,(H,27,29). The normalized spacial score (nSPS) is 11.1. The highest BCUT2D eigenvalue weighted by Crippen LogP contribution is 2.36. The van der Waals surface area contributed by atoms with Gasteiger partial charge in [0.25, 0.3) is 10.0 Å². The quantitative estimate of drug-likeness (QED) is 0.317. The topological polar surface area (TPSA) is 131 Å². The summed E-state index contributed by atoms with van der Waals surface area (Å²) in [5.74, 6) is 0.549. The minimum Gasteiger partial charge on any atom is -0.472 e. The van der Waals surface area contributed by atoms with Crippen molar-refractivity contribution >= 4 is 26.5 Å². The molecule has 1 N–H and O–H groups in total. The molecule has 35 heavy (non-hydrogen) atoms. The number of nitrogens with zero attached hydrogens (tertiary/aromatic N) is 4. The van der Waals surface area contributed by atoms with Gasteiger partial charge in [-0.15, -0.1) is 11.3 Å². The van der Waals surface area contributed by atoms with Gasteiger partial charge in [0, 0.05) is 35.1 Å². The predicted octanol–water partition coefficient (Wildman–Crippen LogP) is 5.32. The highest BCUT2D eigenvalue weighted by molar-refractivity contribution is 7.93. The van der Waals surface area contributed by atoms with Crippen molar-refractivity contribution in [3.05, 3.63) is 90.6 Å². The van der Waals surface area contributed by atoms with Crippen molar-refractivity contribution in [2.75, 3.05) is 4.72 Å². The minimum absolute atomic E-state index is 0.0430. The summed E-state index contributed by atoms with van der Waals surface area (Å²) in [6.07, 6.45) is 7.93. The Hall–Kier alpha value is -4.53. The average molecular weight is 502 g/mol. The van der Waals surface area contributed by atoms with Gasteiger partial charge in [0.2, 0.25) is 0 Å². The van der Waals surface area contributed by atoms with Crippen LogP contribution in [0.15, 0.2) is 94.3 Å². The minimum atomic E-state index is -3.92. The Morgan fingerprint density at radius 2 is 1.94 bits per heavy atom. The molecule has 11 heteroatoms. The highest BCUT2D eigenvalue weighted by Gasteiger charge is 2.20. The van der Waals surface area contributed by atoms with Gasteiger partial charge in [-0.25, -0.2) is 18.4 Å². The maximum Gasteiger partial charge on any atom is 0.263 e. The molecule has 0 unspecified atom stereocenters. The van der Waals surface area contributed by atoms with Crippen molar-refractivity contribution in [1.29, 1.82) is 5.26 Å². The third-order valence-corrected chi connectivity index (χ3v) is 7.02. The number of nitrogens with one attached hydrogen (secondary N) is 1. The maximum absolute atomic E-state index is 12.7. The van der Waals surface area contributed by atoms with Crippen LogP contribution in [-0.4, -0.2) is 23.4 Å². The van der Waals surface area contributed by atoms with Crippen LogP contribution in [-0.2, 0) is 10.0 Å². The molecule has 0 fully saturated rings. The van der Waals surface area contributed by atoms with E-state index in [0.717, 1.165) is 16.9 Å². The SMILES string of the molecule is N#Cc1cc(S(=O)(=O)Nc2nccs2)ccc1Oc1ccc(-c2cccnc2)nc1-c1ccoc1. The van der Waals surface area contributed by atoms with Crippen molar-refractivity contribution in [2.45, 2.75) is 4.90 Å². The molecule has 4 heterocycles. The first kappa shape index (κ1) is 22.3. The molecule has 5 aromatic rings. The molecular weight excluding hydrogens is 486 g/mol. The zero-order valence-electron chi connectivity index (χ0n) is 17.8. The number of furan rings is 1. The Labute approximate surface area is 204 Å². The summed E-state index contributed by atoms with van der Waals surface area (Å²) in [7, 11) is -3.92. The number of ether oxygens (including phenoxy) is 1. The Morgan fingerprint density at radius 3 is 2.66 bits per heavy atom. The van der Waals surface area contributed by atoms with E-state index in [4.69, 9.17) is 14.1 Å². The van der Waals surface area contributed by atoms with E-state index in [-0.39, 0.29) is 21.3 Å². The first-order valence-corrected chi connectivity index (χ1v) is 12.5.